The van der Waals surface area contributed by atoms with E-state index in [1.807, 2.05) is 6.20 Å². The molecular weight excluding hydrogens is 250 g/mol. The Bertz CT molecular complexity index is 549. The summed E-state index contributed by atoms with van der Waals surface area (Å²) in [6.07, 6.45) is 7.72. The lowest BCUT2D eigenvalue weighted by Gasteiger charge is -2.29. The molecule has 1 N–H and O–H groups in total. The van der Waals surface area contributed by atoms with Crippen molar-refractivity contribution < 1.29 is 0 Å². The van der Waals surface area contributed by atoms with Crippen LogP contribution in [0.4, 0.5) is 11.8 Å². The second-order valence-corrected chi connectivity index (χ2v) is 5.25. The van der Waals surface area contributed by atoms with Crippen LogP contribution in [0.25, 0.3) is 0 Å². The Morgan fingerprint density at radius 3 is 2.60 bits per heavy atom. The molecule has 1 aliphatic heterocycles. The summed E-state index contributed by atoms with van der Waals surface area (Å²) < 4.78 is 0. The summed E-state index contributed by atoms with van der Waals surface area (Å²) in [7, 11) is 2.18. The van der Waals surface area contributed by atoms with E-state index in [9.17, 15) is 0 Å². The highest BCUT2D eigenvalue weighted by molar-refractivity contribution is 5.48. The van der Waals surface area contributed by atoms with Crippen LogP contribution in [0.1, 0.15) is 24.3 Å². The van der Waals surface area contributed by atoms with E-state index < -0.39 is 0 Å². The molecule has 5 nitrogen and oxygen atoms in total. The standard InChI is InChI=1S/C15H19N5/c1-20-9-4-12(5-10-20)13-3-8-16-14(11-13)19-15-17-6-2-7-18-15/h2-3,6-8,11-12H,4-5,9-10H2,1H3,(H,16,17,18,19). The van der Waals surface area contributed by atoms with Gasteiger partial charge in [0.05, 0.1) is 0 Å². The fourth-order valence-corrected chi connectivity index (χ4v) is 2.59. The number of piperidine rings is 1. The number of hydrogen-bond acceptors (Lipinski definition) is 5. The Labute approximate surface area is 119 Å². The van der Waals surface area contributed by atoms with Crippen LogP contribution >= 0.6 is 0 Å². The zero-order chi connectivity index (χ0) is 13.8. The summed E-state index contributed by atoms with van der Waals surface area (Å²) in [6, 6.07) is 6.03. The van der Waals surface area contributed by atoms with Crippen molar-refractivity contribution in [2.45, 2.75) is 18.8 Å². The lowest BCUT2D eigenvalue weighted by Crippen LogP contribution is -2.29. The van der Waals surface area contributed by atoms with E-state index in [0.717, 1.165) is 18.9 Å². The third-order valence-electron chi connectivity index (χ3n) is 3.78. The Balaban J connectivity index is 1.73. The van der Waals surface area contributed by atoms with Crippen LogP contribution < -0.4 is 5.32 Å². The van der Waals surface area contributed by atoms with E-state index in [1.54, 1.807) is 18.5 Å². The minimum Gasteiger partial charge on any atom is -0.309 e. The molecule has 0 unspecified atom stereocenters. The largest absolute Gasteiger partial charge is 0.309 e. The van der Waals surface area contributed by atoms with Gasteiger partial charge in [-0.2, -0.15) is 0 Å². The molecule has 0 aliphatic carbocycles. The minimum atomic E-state index is 0.584. The number of nitrogens with one attached hydrogen (secondary N) is 1. The van der Waals surface area contributed by atoms with Gasteiger partial charge in [0.15, 0.2) is 0 Å². The average Bonchev–Trinajstić information content (AvgIpc) is 2.49. The topological polar surface area (TPSA) is 53.9 Å². The number of nitrogens with zero attached hydrogens (tertiary/aromatic N) is 4. The highest BCUT2D eigenvalue weighted by Crippen LogP contribution is 2.28. The number of pyridine rings is 1. The van der Waals surface area contributed by atoms with Gasteiger partial charge in [0, 0.05) is 18.6 Å². The lowest BCUT2D eigenvalue weighted by atomic mass is 9.90. The molecule has 0 bridgehead atoms. The minimum absolute atomic E-state index is 0.584. The molecule has 0 spiro atoms. The molecule has 1 saturated heterocycles. The molecule has 104 valence electrons. The van der Waals surface area contributed by atoms with Crippen LogP contribution in [0.2, 0.25) is 0 Å². The normalized spacial score (nSPS) is 17.1. The fourth-order valence-electron chi connectivity index (χ4n) is 2.59. The van der Waals surface area contributed by atoms with Crippen LogP contribution in [0, 0.1) is 0 Å². The first-order chi connectivity index (χ1) is 9.81. The maximum atomic E-state index is 4.34. The zero-order valence-corrected chi connectivity index (χ0v) is 11.7. The third-order valence-corrected chi connectivity index (χ3v) is 3.78. The first kappa shape index (κ1) is 13.0. The predicted molar refractivity (Wildman–Crippen MR) is 79.0 cm³/mol. The maximum absolute atomic E-state index is 4.34. The molecule has 0 aromatic carbocycles. The van der Waals surface area contributed by atoms with E-state index in [0.29, 0.717) is 11.9 Å². The fraction of sp³-hybridized carbons (Fsp3) is 0.400. The van der Waals surface area contributed by atoms with E-state index in [-0.39, 0.29) is 0 Å². The van der Waals surface area contributed by atoms with E-state index in [1.165, 1.54) is 18.4 Å². The summed E-state index contributed by atoms with van der Waals surface area (Å²) >= 11 is 0. The lowest BCUT2D eigenvalue weighted by molar-refractivity contribution is 0.255. The molecule has 2 aromatic heterocycles. The van der Waals surface area contributed by atoms with Crippen LogP contribution in [-0.2, 0) is 0 Å². The van der Waals surface area contributed by atoms with E-state index >= 15 is 0 Å². The number of aromatic nitrogens is 3. The molecule has 0 radical (unpaired) electrons. The van der Waals surface area contributed by atoms with Crippen molar-refractivity contribution in [3.05, 3.63) is 42.4 Å². The number of hydrogen-bond donors (Lipinski definition) is 1. The van der Waals surface area contributed by atoms with Gasteiger partial charge in [-0.1, -0.05) is 0 Å². The van der Waals surface area contributed by atoms with Crippen molar-refractivity contribution in [3.63, 3.8) is 0 Å². The number of likely N-dealkylation sites (tertiary alicyclic amines) is 1. The molecular formula is C15H19N5. The smallest absolute Gasteiger partial charge is 0.228 e. The molecule has 5 heteroatoms. The maximum Gasteiger partial charge on any atom is 0.228 e. The van der Waals surface area contributed by atoms with Gasteiger partial charge in [-0.25, -0.2) is 15.0 Å². The summed E-state index contributed by atoms with van der Waals surface area (Å²) in [6.45, 7) is 2.33. The van der Waals surface area contributed by atoms with E-state index in [2.05, 4.69) is 44.3 Å². The van der Waals surface area contributed by atoms with E-state index in [4.69, 9.17) is 0 Å². The Morgan fingerprint density at radius 2 is 1.85 bits per heavy atom. The summed E-state index contributed by atoms with van der Waals surface area (Å²) in [5, 5.41) is 3.15. The van der Waals surface area contributed by atoms with Crippen LogP contribution in [-0.4, -0.2) is 40.0 Å². The molecule has 0 atom stereocenters. The Kier molecular flexibility index (Phi) is 3.87. The third kappa shape index (κ3) is 3.11. The average molecular weight is 269 g/mol. The second-order valence-electron chi connectivity index (χ2n) is 5.25. The number of rotatable bonds is 3. The molecule has 3 rings (SSSR count). The summed E-state index contributed by atoms with van der Waals surface area (Å²) in [4.78, 5) is 15.0. The monoisotopic (exact) mass is 269 g/mol. The SMILES string of the molecule is CN1CCC(c2ccnc(Nc3ncccn3)c2)CC1. The van der Waals surface area contributed by atoms with Gasteiger partial charge in [0.2, 0.25) is 5.95 Å². The van der Waals surface area contributed by atoms with Gasteiger partial charge >= 0.3 is 0 Å². The van der Waals surface area contributed by atoms with Crippen LogP contribution in [0.5, 0.6) is 0 Å². The van der Waals surface area contributed by atoms with Gasteiger partial charge in [-0.05, 0) is 62.7 Å². The second kappa shape index (κ2) is 5.96. The molecule has 0 saturated carbocycles. The van der Waals surface area contributed by atoms with Gasteiger partial charge in [-0.3, -0.25) is 0 Å². The highest BCUT2D eigenvalue weighted by atomic mass is 15.1. The summed E-state index contributed by atoms with van der Waals surface area (Å²) in [5.41, 5.74) is 1.35. The van der Waals surface area contributed by atoms with Crippen molar-refractivity contribution >= 4 is 11.8 Å². The van der Waals surface area contributed by atoms with Crippen molar-refractivity contribution in [1.82, 2.24) is 19.9 Å². The molecule has 0 amide bonds. The van der Waals surface area contributed by atoms with Gasteiger partial charge in [-0.15, -0.1) is 0 Å². The van der Waals surface area contributed by atoms with Crippen molar-refractivity contribution in [2.75, 3.05) is 25.5 Å². The van der Waals surface area contributed by atoms with Gasteiger partial charge in [0.25, 0.3) is 0 Å². The van der Waals surface area contributed by atoms with Crippen molar-refractivity contribution in [2.24, 2.45) is 0 Å². The molecule has 3 heterocycles. The molecule has 1 fully saturated rings. The molecule has 20 heavy (non-hydrogen) atoms. The predicted octanol–water partition coefficient (Wildman–Crippen LogP) is 2.42. The quantitative estimate of drug-likeness (QED) is 0.927. The molecule has 2 aromatic rings. The van der Waals surface area contributed by atoms with Crippen molar-refractivity contribution in [1.29, 1.82) is 0 Å². The highest BCUT2D eigenvalue weighted by Gasteiger charge is 2.18. The zero-order valence-electron chi connectivity index (χ0n) is 11.7. The van der Waals surface area contributed by atoms with Crippen molar-refractivity contribution in [3.8, 4) is 0 Å². The van der Waals surface area contributed by atoms with Crippen LogP contribution in [0.3, 0.4) is 0 Å². The first-order valence-electron chi connectivity index (χ1n) is 7.00. The molecule has 1 aliphatic rings. The summed E-state index contributed by atoms with van der Waals surface area (Å²) in [5.74, 6) is 2.03. The Morgan fingerprint density at radius 1 is 1.10 bits per heavy atom. The van der Waals surface area contributed by atoms with Gasteiger partial charge < -0.3 is 10.2 Å². The van der Waals surface area contributed by atoms with Gasteiger partial charge in [0.1, 0.15) is 5.82 Å². The first-order valence-corrected chi connectivity index (χ1v) is 7.00. The Hall–Kier alpha value is -2.01. The number of anilines is 2. The van der Waals surface area contributed by atoms with Crippen LogP contribution in [0.15, 0.2) is 36.8 Å².